The second-order valence-corrected chi connectivity index (χ2v) is 12.2. The summed E-state index contributed by atoms with van der Waals surface area (Å²) in [4.78, 5) is 28.8. The Kier molecular flexibility index (Phi) is 11.4. The molecule has 0 aromatic heterocycles. The van der Waals surface area contributed by atoms with Crippen LogP contribution >= 0.6 is 23.2 Å². The zero-order chi connectivity index (χ0) is 29.3. The van der Waals surface area contributed by atoms with Gasteiger partial charge in [0.25, 0.3) is 10.0 Å². The van der Waals surface area contributed by atoms with Crippen LogP contribution in [0.3, 0.4) is 0 Å². The fraction of sp³-hybridized carbons (Fsp3) is 0.333. The predicted molar refractivity (Wildman–Crippen MR) is 161 cm³/mol. The largest absolute Gasteiger partial charge is 0.352 e. The number of hydrogen-bond donors (Lipinski definition) is 1. The van der Waals surface area contributed by atoms with Gasteiger partial charge < -0.3 is 10.2 Å². The van der Waals surface area contributed by atoms with E-state index in [2.05, 4.69) is 5.32 Å². The summed E-state index contributed by atoms with van der Waals surface area (Å²) in [6.07, 6.45) is 1.58. The highest BCUT2D eigenvalue weighted by atomic mass is 35.5. The number of hydrogen-bond acceptors (Lipinski definition) is 4. The van der Waals surface area contributed by atoms with Crippen LogP contribution in [-0.4, -0.2) is 50.3 Å². The normalized spacial score (nSPS) is 12.8. The van der Waals surface area contributed by atoms with Crippen molar-refractivity contribution in [3.63, 3.8) is 0 Å². The standard InChI is InChI=1S/C30H35Cl2N3O4S/c1-4-22(3)33-30(37)27(5-2)34(19-18-23-12-8-6-9-13-23)29(36)21-35(28-17-16-24(31)20-26(28)32)40(38,39)25-14-10-7-11-15-25/h6-17,20,22,27H,4-5,18-19,21H2,1-3H3,(H,33,37)/t22-,27-/m1/s1. The number of sulfonamides is 1. The van der Waals surface area contributed by atoms with Crippen LogP contribution in [0.25, 0.3) is 0 Å². The maximum absolute atomic E-state index is 14.0. The smallest absolute Gasteiger partial charge is 0.264 e. The zero-order valence-electron chi connectivity index (χ0n) is 22.9. The molecule has 0 radical (unpaired) electrons. The van der Waals surface area contributed by atoms with Crippen LogP contribution in [0.15, 0.2) is 83.8 Å². The van der Waals surface area contributed by atoms with Crippen LogP contribution in [-0.2, 0) is 26.0 Å². The number of carbonyl (C=O) groups excluding carboxylic acids is 2. The van der Waals surface area contributed by atoms with E-state index in [1.54, 1.807) is 18.2 Å². The number of anilines is 1. The van der Waals surface area contributed by atoms with Gasteiger partial charge in [-0.25, -0.2) is 8.42 Å². The number of halogens is 2. The van der Waals surface area contributed by atoms with E-state index in [4.69, 9.17) is 23.2 Å². The second-order valence-electron chi connectivity index (χ2n) is 9.49. The Hall–Kier alpha value is -3.07. The molecule has 7 nitrogen and oxygen atoms in total. The summed E-state index contributed by atoms with van der Waals surface area (Å²) < 4.78 is 28.7. The first-order valence-electron chi connectivity index (χ1n) is 13.2. The Morgan fingerprint density at radius 3 is 2.10 bits per heavy atom. The van der Waals surface area contributed by atoms with Crippen molar-refractivity contribution in [2.75, 3.05) is 17.4 Å². The maximum Gasteiger partial charge on any atom is 0.264 e. The van der Waals surface area contributed by atoms with Crippen LogP contribution in [0.2, 0.25) is 10.0 Å². The van der Waals surface area contributed by atoms with Gasteiger partial charge in [-0.3, -0.25) is 13.9 Å². The Labute approximate surface area is 247 Å². The Bertz CT molecular complexity index is 1390. The van der Waals surface area contributed by atoms with Crippen LogP contribution in [0.4, 0.5) is 5.69 Å². The van der Waals surface area contributed by atoms with Gasteiger partial charge in [0, 0.05) is 17.6 Å². The first-order valence-corrected chi connectivity index (χ1v) is 15.4. The van der Waals surface area contributed by atoms with E-state index in [1.807, 2.05) is 51.1 Å². The SMILES string of the molecule is CC[C@@H](C)NC(=O)[C@@H](CC)N(CCc1ccccc1)C(=O)CN(c1ccc(Cl)cc1Cl)S(=O)(=O)c1ccccc1. The lowest BCUT2D eigenvalue weighted by Crippen LogP contribution is -2.54. The molecule has 0 heterocycles. The molecule has 0 fully saturated rings. The maximum atomic E-state index is 14.0. The molecule has 40 heavy (non-hydrogen) atoms. The summed E-state index contributed by atoms with van der Waals surface area (Å²) in [5.41, 5.74) is 1.11. The lowest BCUT2D eigenvalue weighted by Gasteiger charge is -2.34. The summed E-state index contributed by atoms with van der Waals surface area (Å²) in [6.45, 7) is 5.37. The molecule has 0 unspecified atom stereocenters. The highest BCUT2D eigenvalue weighted by Crippen LogP contribution is 2.33. The molecule has 0 saturated heterocycles. The topological polar surface area (TPSA) is 86.8 Å². The minimum absolute atomic E-state index is 0.00575. The van der Waals surface area contributed by atoms with Gasteiger partial charge in [-0.15, -0.1) is 0 Å². The number of benzene rings is 3. The monoisotopic (exact) mass is 603 g/mol. The molecule has 1 N–H and O–H groups in total. The molecule has 214 valence electrons. The number of amides is 2. The van der Waals surface area contributed by atoms with Gasteiger partial charge in [0.15, 0.2) is 0 Å². The third-order valence-corrected chi connectivity index (χ3v) is 8.97. The van der Waals surface area contributed by atoms with Crippen molar-refractivity contribution in [3.05, 3.63) is 94.5 Å². The quantitative estimate of drug-likeness (QED) is 0.261. The molecule has 2 amide bonds. The first-order chi connectivity index (χ1) is 19.1. The number of carbonyl (C=O) groups is 2. The summed E-state index contributed by atoms with van der Waals surface area (Å²) in [6, 6.07) is 21.0. The third kappa shape index (κ3) is 7.99. The van der Waals surface area contributed by atoms with Crippen molar-refractivity contribution < 1.29 is 18.0 Å². The van der Waals surface area contributed by atoms with Crippen molar-refractivity contribution >= 4 is 50.7 Å². The fourth-order valence-corrected chi connectivity index (χ4v) is 6.27. The molecule has 10 heteroatoms. The second kappa shape index (κ2) is 14.5. The fourth-order valence-electron chi connectivity index (χ4n) is 4.25. The van der Waals surface area contributed by atoms with Gasteiger partial charge in [-0.2, -0.15) is 0 Å². The summed E-state index contributed by atoms with van der Waals surface area (Å²) >= 11 is 12.5. The van der Waals surface area contributed by atoms with Gasteiger partial charge in [0.05, 0.1) is 15.6 Å². The summed E-state index contributed by atoms with van der Waals surface area (Å²) in [5, 5.41) is 3.38. The molecule has 0 spiro atoms. The number of rotatable bonds is 13. The molecule has 2 atom stereocenters. The van der Waals surface area contributed by atoms with E-state index in [9.17, 15) is 18.0 Å². The van der Waals surface area contributed by atoms with Gasteiger partial charge in [-0.1, -0.05) is 85.6 Å². The van der Waals surface area contributed by atoms with Gasteiger partial charge in [0.2, 0.25) is 11.8 Å². The van der Waals surface area contributed by atoms with Crippen LogP contribution in [0, 0.1) is 0 Å². The van der Waals surface area contributed by atoms with E-state index in [0.29, 0.717) is 17.9 Å². The summed E-state index contributed by atoms with van der Waals surface area (Å²) in [7, 11) is -4.20. The molecule has 0 saturated carbocycles. The Morgan fingerprint density at radius 2 is 1.52 bits per heavy atom. The average molecular weight is 605 g/mol. The average Bonchev–Trinajstić information content (AvgIpc) is 2.95. The minimum atomic E-state index is -4.20. The van der Waals surface area contributed by atoms with E-state index < -0.39 is 28.5 Å². The van der Waals surface area contributed by atoms with E-state index in [0.717, 1.165) is 16.3 Å². The first kappa shape index (κ1) is 31.5. The Balaban J connectivity index is 2.03. The van der Waals surface area contributed by atoms with Crippen molar-refractivity contribution in [1.82, 2.24) is 10.2 Å². The van der Waals surface area contributed by atoms with Gasteiger partial charge >= 0.3 is 0 Å². The van der Waals surface area contributed by atoms with E-state index in [-0.39, 0.29) is 34.1 Å². The van der Waals surface area contributed by atoms with Crippen LogP contribution in [0.5, 0.6) is 0 Å². The van der Waals surface area contributed by atoms with Crippen LogP contribution < -0.4 is 9.62 Å². The van der Waals surface area contributed by atoms with Crippen molar-refractivity contribution in [2.24, 2.45) is 0 Å². The molecule has 3 aromatic carbocycles. The summed E-state index contributed by atoms with van der Waals surface area (Å²) in [5.74, 6) is -0.798. The molecule has 0 bridgehead atoms. The molecule has 3 aromatic rings. The molecule has 0 aliphatic carbocycles. The lowest BCUT2D eigenvalue weighted by atomic mass is 10.1. The van der Waals surface area contributed by atoms with E-state index in [1.165, 1.54) is 35.2 Å². The molecule has 3 rings (SSSR count). The molecular weight excluding hydrogens is 569 g/mol. The molecule has 0 aliphatic rings. The van der Waals surface area contributed by atoms with Crippen molar-refractivity contribution in [1.29, 1.82) is 0 Å². The Morgan fingerprint density at radius 1 is 0.900 bits per heavy atom. The van der Waals surface area contributed by atoms with Crippen molar-refractivity contribution in [2.45, 2.75) is 57.0 Å². The molecular formula is C30H35Cl2N3O4S. The van der Waals surface area contributed by atoms with E-state index >= 15 is 0 Å². The predicted octanol–water partition coefficient (Wildman–Crippen LogP) is 5.95. The van der Waals surface area contributed by atoms with Gasteiger partial charge in [0.1, 0.15) is 12.6 Å². The van der Waals surface area contributed by atoms with Crippen LogP contribution in [0.1, 0.15) is 39.2 Å². The zero-order valence-corrected chi connectivity index (χ0v) is 25.2. The highest BCUT2D eigenvalue weighted by Gasteiger charge is 2.34. The van der Waals surface area contributed by atoms with Gasteiger partial charge in [-0.05, 0) is 62.1 Å². The highest BCUT2D eigenvalue weighted by molar-refractivity contribution is 7.92. The number of nitrogens with zero attached hydrogens (tertiary/aromatic N) is 2. The lowest BCUT2D eigenvalue weighted by molar-refractivity contribution is -0.139. The number of nitrogens with one attached hydrogen (secondary N) is 1. The van der Waals surface area contributed by atoms with Crippen molar-refractivity contribution in [3.8, 4) is 0 Å². The molecule has 0 aliphatic heterocycles. The minimum Gasteiger partial charge on any atom is -0.352 e. The third-order valence-electron chi connectivity index (χ3n) is 6.66.